The lowest BCUT2D eigenvalue weighted by Gasteiger charge is -2.22. The third-order valence-electron chi connectivity index (χ3n) is 3.69. The predicted octanol–water partition coefficient (Wildman–Crippen LogP) is 1.93. The number of rotatable bonds is 11. The molecule has 1 N–H and O–H groups in total. The summed E-state index contributed by atoms with van der Waals surface area (Å²) in [5.74, 6) is -0.380. The molecule has 6 nitrogen and oxygen atoms in total. The van der Waals surface area contributed by atoms with Crippen LogP contribution < -0.4 is 5.32 Å². The lowest BCUT2D eigenvalue weighted by Crippen LogP contribution is -2.36. The van der Waals surface area contributed by atoms with Gasteiger partial charge in [0.25, 0.3) is 0 Å². The van der Waals surface area contributed by atoms with Crippen molar-refractivity contribution in [3.8, 4) is 0 Å². The first kappa shape index (κ1) is 20.7. The first-order chi connectivity index (χ1) is 12.0. The molecule has 0 saturated carbocycles. The fourth-order valence-corrected chi connectivity index (χ4v) is 2.41. The molecule has 0 spiro atoms. The molecule has 0 aliphatic rings. The van der Waals surface area contributed by atoms with Gasteiger partial charge < -0.3 is 15.0 Å². The molecule has 25 heavy (non-hydrogen) atoms. The van der Waals surface area contributed by atoms with Gasteiger partial charge in [0, 0.05) is 33.0 Å². The van der Waals surface area contributed by atoms with Crippen LogP contribution in [0.5, 0.6) is 0 Å². The Balaban J connectivity index is 2.50. The number of carbonyl (C=O) groups excluding carboxylic acids is 3. The molecule has 138 valence electrons. The zero-order chi connectivity index (χ0) is 18.5. The van der Waals surface area contributed by atoms with Crippen LogP contribution in [0.1, 0.15) is 38.7 Å². The number of hydrogen-bond donors (Lipinski definition) is 1. The molecular formula is C19H28N2O4. The molecule has 0 aliphatic carbocycles. The van der Waals surface area contributed by atoms with Gasteiger partial charge in [-0.3, -0.25) is 14.4 Å². The van der Waals surface area contributed by atoms with Crippen LogP contribution in [0.3, 0.4) is 0 Å². The van der Waals surface area contributed by atoms with Crippen molar-refractivity contribution in [3.63, 3.8) is 0 Å². The third kappa shape index (κ3) is 9.49. The Morgan fingerprint density at radius 2 is 1.80 bits per heavy atom. The first-order valence-corrected chi connectivity index (χ1v) is 8.74. The van der Waals surface area contributed by atoms with Gasteiger partial charge in [0.05, 0.1) is 13.0 Å². The zero-order valence-electron chi connectivity index (χ0n) is 15.1. The van der Waals surface area contributed by atoms with Crippen molar-refractivity contribution >= 4 is 17.8 Å². The second kappa shape index (κ2) is 12.1. The lowest BCUT2D eigenvalue weighted by molar-refractivity contribution is -0.144. The Bertz CT molecular complexity index is 546. The molecule has 0 saturated heterocycles. The predicted molar refractivity (Wildman–Crippen MR) is 95.9 cm³/mol. The van der Waals surface area contributed by atoms with E-state index in [1.807, 2.05) is 30.3 Å². The topological polar surface area (TPSA) is 75.7 Å². The summed E-state index contributed by atoms with van der Waals surface area (Å²) in [7, 11) is 0. The first-order valence-electron chi connectivity index (χ1n) is 8.74. The van der Waals surface area contributed by atoms with Crippen molar-refractivity contribution in [2.45, 2.75) is 39.5 Å². The second-order valence-electron chi connectivity index (χ2n) is 5.76. The number of hydrogen-bond acceptors (Lipinski definition) is 4. The minimum Gasteiger partial charge on any atom is -0.466 e. The van der Waals surface area contributed by atoms with Crippen LogP contribution in [-0.2, 0) is 25.5 Å². The van der Waals surface area contributed by atoms with Gasteiger partial charge in [0.15, 0.2) is 0 Å². The fourth-order valence-electron chi connectivity index (χ4n) is 2.41. The number of aryl methyl sites for hydroxylation is 1. The molecule has 1 aromatic rings. The highest BCUT2D eigenvalue weighted by atomic mass is 16.5. The molecule has 1 aromatic carbocycles. The van der Waals surface area contributed by atoms with Crippen LogP contribution in [0.15, 0.2) is 30.3 Å². The van der Waals surface area contributed by atoms with Crippen LogP contribution >= 0.6 is 0 Å². The van der Waals surface area contributed by atoms with Crippen molar-refractivity contribution in [2.24, 2.45) is 0 Å². The van der Waals surface area contributed by atoms with E-state index in [1.54, 1.807) is 11.8 Å². The summed E-state index contributed by atoms with van der Waals surface area (Å²) < 4.78 is 4.92. The quantitative estimate of drug-likeness (QED) is 0.490. The van der Waals surface area contributed by atoms with E-state index in [0.717, 1.165) is 5.56 Å². The third-order valence-corrected chi connectivity index (χ3v) is 3.69. The van der Waals surface area contributed by atoms with Gasteiger partial charge in [-0.15, -0.1) is 0 Å². The summed E-state index contributed by atoms with van der Waals surface area (Å²) in [6, 6.07) is 9.83. The van der Waals surface area contributed by atoms with Crippen molar-refractivity contribution in [3.05, 3.63) is 35.9 Å². The number of amides is 2. The van der Waals surface area contributed by atoms with Crippen LogP contribution in [0.25, 0.3) is 0 Å². The summed E-state index contributed by atoms with van der Waals surface area (Å²) >= 11 is 0. The summed E-state index contributed by atoms with van der Waals surface area (Å²) in [5, 5.41) is 2.71. The molecule has 0 atom stereocenters. The van der Waals surface area contributed by atoms with E-state index >= 15 is 0 Å². The summed E-state index contributed by atoms with van der Waals surface area (Å²) in [6.45, 7) is 4.91. The van der Waals surface area contributed by atoms with Gasteiger partial charge in [-0.05, 0) is 25.3 Å². The van der Waals surface area contributed by atoms with Crippen LogP contribution in [-0.4, -0.2) is 48.9 Å². The maximum Gasteiger partial charge on any atom is 0.307 e. The van der Waals surface area contributed by atoms with E-state index in [2.05, 4.69) is 5.32 Å². The molecule has 0 aliphatic heterocycles. The van der Waals surface area contributed by atoms with Gasteiger partial charge in [-0.1, -0.05) is 30.3 Å². The van der Waals surface area contributed by atoms with Gasteiger partial charge in [-0.2, -0.15) is 0 Å². The number of carbonyl (C=O) groups is 3. The number of esters is 1. The Kier molecular flexibility index (Phi) is 9.97. The smallest absolute Gasteiger partial charge is 0.307 e. The SMILES string of the molecule is CCOC(=O)CCN(CCCNC(C)=O)C(=O)CCc1ccccc1. The average molecular weight is 348 g/mol. The van der Waals surface area contributed by atoms with Crippen LogP contribution in [0.4, 0.5) is 0 Å². The minimum atomic E-state index is -0.301. The maximum absolute atomic E-state index is 12.5. The Labute approximate surface area is 149 Å². The monoisotopic (exact) mass is 348 g/mol. The van der Waals surface area contributed by atoms with Crippen LogP contribution in [0.2, 0.25) is 0 Å². The zero-order valence-corrected chi connectivity index (χ0v) is 15.1. The van der Waals surface area contributed by atoms with Gasteiger partial charge in [0.1, 0.15) is 0 Å². The van der Waals surface area contributed by atoms with E-state index in [1.165, 1.54) is 6.92 Å². The number of nitrogens with zero attached hydrogens (tertiary/aromatic N) is 1. The van der Waals surface area contributed by atoms with Crippen molar-refractivity contribution in [1.29, 1.82) is 0 Å². The van der Waals surface area contributed by atoms with E-state index in [4.69, 9.17) is 4.74 Å². The van der Waals surface area contributed by atoms with Crippen molar-refractivity contribution in [2.75, 3.05) is 26.2 Å². The molecular weight excluding hydrogens is 320 g/mol. The summed E-state index contributed by atoms with van der Waals surface area (Å²) in [4.78, 5) is 36.7. The normalized spacial score (nSPS) is 10.2. The molecule has 0 aromatic heterocycles. The molecule has 2 amide bonds. The number of ether oxygens (including phenoxy) is 1. The van der Waals surface area contributed by atoms with E-state index < -0.39 is 0 Å². The molecule has 0 fully saturated rings. The maximum atomic E-state index is 12.5. The van der Waals surface area contributed by atoms with Gasteiger partial charge in [-0.25, -0.2) is 0 Å². The standard InChI is InChI=1S/C19H28N2O4/c1-3-25-19(24)12-15-21(14-7-13-20-16(2)22)18(23)11-10-17-8-5-4-6-9-17/h4-6,8-9H,3,7,10-15H2,1-2H3,(H,20,22). The highest BCUT2D eigenvalue weighted by molar-refractivity contribution is 5.77. The van der Waals surface area contributed by atoms with Crippen LogP contribution in [0, 0.1) is 0 Å². The molecule has 0 bridgehead atoms. The highest BCUT2D eigenvalue weighted by Gasteiger charge is 2.15. The average Bonchev–Trinajstić information content (AvgIpc) is 2.60. The molecule has 0 radical (unpaired) electrons. The summed E-state index contributed by atoms with van der Waals surface area (Å²) in [5.41, 5.74) is 1.11. The molecule has 1 rings (SSSR count). The van der Waals surface area contributed by atoms with Gasteiger partial charge >= 0.3 is 5.97 Å². The van der Waals surface area contributed by atoms with E-state index in [0.29, 0.717) is 45.5 Å². The number of nitrogens with one attached hydrogen (secondary N) is 1. The number of benzene rings is 1. The lowest BCUT2D eigenvalue weighted by atomic mass is 10.1. The molecule has 0 heterocycles. The van der Waals surface area contributed by atoms with E-state index in [-0.39, 0.29) is 24.2 Å². The molecule has 6 heteroatoms. The fraction of sp³-hybridized carbons (Fsp3) is 0.526. The highest BCUT2D eigenvalue weighted by Crippen LogP contribution is 2.06. The Hall–Kier alpha value is -2.37. The summed E-state index contributed by atoms with van der Waals surface area (Å²) in [6.07, 6.45) is 1.90. The Morgan fingerprint density at radius 1 is 1.08 bits per heavy atom. The van der Waals surface area contributed by atoms with E-state index in [9.17, 15) is 14.4 Å². The largest absolute Gasteiger partial charge is 0.466 e. The van der Waals surface area contributed by atoms with Crippen molar-refractivity contribution < 1.29 is 19.1 Å². The minimum absolute atomic E-state index is 0.0102. The Morgan fingerprint density at radius 3 is 2.44 bits per heavy atom. The second-order valence-corrected chi connectivity index (χ2v) is 5.76. The van der Waals surface area contributed by atoms with Gasteiger partial charge in [0.2, 0.25) is 11.8 Å². The van der Waals surface area contributed by atoms with Crippen molar-refractivity contribution in [1.82, 2.24) is 10.2 Å². The molecule has 0 unspecified atom stereocenters.